The summed E-state index contributed by atoms with van der Waals surface area (Å²) in [4.78, 5) is 37.5. The van der Waals surface area contributed by atoms with Gasteiger partial charge in [-0.2, -0.15) is 0 Å². The van der Waals surface area contributed by atoms with Gasteiger partial charge in [0.05, 0.1) is 12.1 Å². The minimum absolute atomic E-state index is 0.0422. The van der Waals surface area contributed by atoms with Gasteiger partial charge in [-0.25, -0.2) is 4.39 Å². The van der Waals surface area contributed by atoms with Crippen molar-refractivity contribution in [3.8, 4) is 0 Å². The van der Waals surface area contributed by atoms with Crippen LogP contribution in [0.25, 0.3) is 0 Å². The summed E-state index contributed by atoms with van der Waals surface area (Å²) in [5, 5.41) is 15.7. The van der Waals surface area contributed by atoms with E-state index >= 15 is 0 Å². The molecule has 3 rings (SSSR count). The van der Waals surface area contributed by atoms with Crippen LogP contribution in [0.3, 0.4) is 0 Å². The molecule has 4 atom stereocenters. The first kappa shape index (κ1) is 20.3. The summed E-state index contributed by atoms with van der Waals surface area (Å²) in [5.41, 5.74) is 0.346. The average molecular weight is 391 g/mol. The minimum Gasteiger partial charge on any atom is -0.391 e. The van der Waals surface area contributed by atoms with Gasteiger partial charge < -0.3 is 20.6 Å². The Morgan fingerprint density at radius 2 is 1.79 bits per heavy atom. The van der Waals surface area contributed by atoms with E-state index < -0.39 is 11.9 Å². The Bertz CT molecular complexity index is 739. The second kappa shape index (κ2) is 8.68. The van der Waals surface area contributed by atoms with Gasteiger partial charge in [0.1, 0.15) is 5.82 Å². The zero-order valence-corrected chi connectivity index (χ0v) is 15.9. The number of fused-ring (bicyclic) bond motifs is 1. The number of carbonyl (C=O) groups excluding carboxylic acids is 3. The monoisotopic (exact) mass is 391 g/mol. The molecule has 1 aromatic rings. The molecule has 0 bridgehead atoms. The maximum absolute atomic E-state index is 12.9. The normalized spacial score (nSPS) is 26.5. The first-order valence-corrected chi connectivity index (χ1v) is 9.60. The first-order chi connectivity index (χ1) is 13.3. The van der Waals surface area contributed by atoms with Crippen LogP contribution in [0, 0.1) is 17.7 Å². The van der Waals surface area contributed by atoms with Gasteiger partial charge in [0.25, 0.3) is 5.91 Å². The van der Waals surface area contributed by atoms with Gasteiger partial charge in [0, 0.05) is 38.5 Å². The number of nitrogens with zero attached hydrogens (tertiary/aromatic N) is 1. The zero-order valence-electron chi connectivity index (χ0n) is 15.9. The molecule has 0 aromatic heterocycles. The van der Waals surface area contributed by atoms with Gasteiger partial charge in [-0.05, 0) is 48.9 Å². The van der Waals surface area contributed by atoms with Gasteiger partial charge in [-0.1, -0.05) is 0 Å². The van der Waals surface area contributed by atoms with Gasteiger partial charge in [0.15, 0.2) is 0 Å². The number of halogens is 1. The lowest BCUT2D eigenvalue weighted by atomic mass is 9.77. The van der Waals surface area contributed by atoms with Crippen LogP contribution >= 0.6 is 0 Å². The van der Waals surface area contributed by atoms with Crippen molar-refractivity contribution in [2.45, 2.75) is 38.3 Å². The summed E-state index contributed by atoms with van der Waals surface area (Å²) in [6.07, 6.45) is 0.830. The first-order valence-electron chi connectivity index (χ1n) is 9.60. The fraction of sp³-hybridized carbons (Fsp3) is 0.550. The maximum atomic E-state index is 12.9. The second-order valence-electron chi connectivity index (χ2n) is 7.68. The number of amides is 3. The molecule has 2 aliphatic rings. The molecular weight excluding hydrogens is 365 g/mol. The quantitative estimate of drug-likeness (QED) is 0.687. The number of nitrogens with one attached hydrogen (secondary N) is 2. The lowest BCUT2D eigenvalue weighted by Crippen LogP contribution is -2.48. The smallest absolute Gasteiger partial charge is 0.251 e. The van der Waals surface area contributed by atoms with Gasteiger partial charge >= 0.3 is 0 Å². The van der Waals surface area contributed by atoms with Crippen LogP contribution in [-0.4, -0.2) is 59.5 Å². The van der Waals surface area contributed by atoms with Crippen LogP contribution < -0.4 is 10.6 Å². The number of aliphatic hydroxyl groups is 1. The highest BCUT2D eigenvalue weighted by molar-refractivity contribution is 5.94. The third-order valence-corrected chi connectivity index (χ3v) is 5.61. The predicted octanol–water partition coefficient (Wildman–Crippen LogP) is 0.680. The highest BCUT2D eigenvalue weighted by atomic mass is 19.1. The summed E-state index contributed by atoms with van der Waals surface area (Å²) < 4.78 is 12.9. The van der Waals surface area contributed by atoms with E-state index in [-0.39, 0.29) is 48.6 Å². The summed E-state index contributed by atoms with van der Waals surface area (Å²) in [6, 6.07) is 4.97. The maximum Gasteiger partial charge on any atom is 0.251 e. The largest absolute Gasteiger partial charge is 0.391 e. The number of carbonyl (C=O) groups is 3. The van der Waals surface area contributed by atoms with E-state index in [1.807, 2.05) is 0 Å². The highest BCUT2D eigenvalue weighted by Crippen LogP contribution is 2.36. The van der Waals surface area contributed by atoms with E-state index in [2.05, 4.69) is 10.6 Å². The molecule has 0 radical (unpaired) electrons. The predicted molar refractivity (Wildman–Crippen MR) is 99.8 cm³/mol. The Morgan fingerprint density at radius 3 is 2.43 bits per heavy atom. The third-order valence-electron chi connectivity index (χ3n) is 5.61. The van der Waals surface area contributed by atoms with Crippen molar-refractivity contribution in [3.63, 3.8) is 0 Å². The van der Waals surface area contributed by atoms with Crippen molar-refractivity contribution in [1.82, 2.24) is 15.5 Å². The topological polar surface area (TPSA) is 98.7 Å². The van der Waals surface area contributed by atoms with Crippen molar-refractivity contribution in [2.75, 3.05) is 19.6 Å². The van der Waals surface area contributed by atoms with E-state index in [0.717, 1.165) is 0 Å². The standard InChI is InChI=1S/C20H26FN3O4/c1-12(25)23-17-8-14-10-24(11-15(14)9-18(17)26)19(27)6-7-22-20(28)13-2-4-16(21)5-3-13/h2-5,14-15,17-18,26H,6-11H2,1H3,(H,22,28)(H,23,25)/t14-,15+,17-,18-/m1/s1. The van der Waals surface area contributed by atoms with Gasteiger partial charge in [-0.15, -0.1) is 0 Å². The molecule has 28 heavy (non-hydrogen) atoms. The number of hydrogen-bond acceptors (Lipinski definition) is 4. The molecule has 0 spiro atoms. The molecule has 1 heterocycles. The summed E-state index contributed by atoms with van der Waals surface area (Å²) in [5.74, 6) is -0.460. The molecule has 1 aliphatic heterocycles. The lowest BCUT2D eigenvalue weighted by molar-refractivity contribution is -0.130. The SMILES string of the molecule is CC(=O)N[C@@H]1C[C@@H]2CN(C(=O)CCNC(=O)c3ccc(F)cc3)C[C@@H]2C[C@H]1O. The molecule has 1 aliphatic carbocycles. The van der Waals surface area contributed by atoms with E-state index in [0.29, 0.717) is 31.5 Å². The summed E-state index contributed by atoms with van der Waals surface area (Å²) in [6.45, 7) is 2.85. The number of benzene rings is 1. The molecule has 8 heteroatoms. The Hall–Kier alpha value is -2.48. The van der Waals surface area contributed by atoms with Crippen LogP contribution in [0.2, 0.25) is 0 Å². The van der Waals surface area contributed by atoms with E-state index in [1.165, 1.54) is 31.2 Å². The molecular formula is C20H26FN3O4. The summed E-state index contributed by atoms with van der Waals surface area (Å²) in [7, 11) is 0. The molecule has 1 aromatic carbocycles. The van der Waals surface area contributed by atoms with Crippen molar-refractivity contribution in [2.24, 2.45) is 11.8 Å². The summed E-state index contributed by atoms with van der Waals surface area (Å²) >= 11 is 0. The fourth-order valence-electron chi connectivity index (χ4n) is 4.19. The Morgan fingerprint density at radius 1 is 1.14 bits per heavy atom. The second-order valence-corrected chi connectivity index (χ2v) is 7.68. The van der Waals surface area contributed by atoms with Crippen LogP contribution in [0.5, 0.6) is 0 Å². The number of rotatable bonds is 5. The van der Waals surface area contributed by atoms with Crippen LogP contribution in [-0.2, 0) is 9.59 Å². The van der Waals surface area contributed by atoms with Crippen molar-refractivity contribution in [3.05, 3.63) is 35.6 Å². The van der Waals surface area contributed by atoms with E-state index in [4.69, 9.17) is 0 Å². The Labute approximate surface area is 163 Å². The Kier molecular flexibility index (Phi) is 6.28. The van der Waals surface area contributed by atoms with Crippen molar-refractivity contribution in [1.29, 1.82) is 0 Å². The molecule has 1 saturated heterocycles. The molecule has 152 valence electrons. The van der Waals surface area contributed by atoms with Crippen LogP contribution in [0.1, 0.15) is 36.5 Å². The highest BCUT2D eigenvalue weighted by Gasteiger charge is 2.43. The molecule has 1 saturated carbocycles. The minimum atomic E-state index is -0.588. The van der Waals surface area contributed by atoms with E-state index in [9.17, 15) is 23.9 Å². The number of hydrogen-bond donors (Lipinski definition) is 3. The Balaban J connectivity index is 1.45. The number of likely N-dealkylation sites (tertiary alicyclic amines) is 1. The van der Waals surface area contributed by atoms with Gasteiger partial charge in [0.2, 0.25) is 11.8 Å². The lowest BCUT2D eigenvalue weighted by Gasteiger charge is -2.35. The molecule has 3 amide bonds. The zero-order chi connectivity index (χ0) is 20.3. The van der Waals surface area contributed by atoms with E-state index in [1.54, 1.807) is 4.90 Å². The van der Waals surface area contributed by atoms with Crippen LogP contribution in [0.4, 0.5) is 4.39 Å². The molecule has 7 nitrogen and oxygen atoms in total. The molecule has 3 N–H and O–H groups in total. The molecule has 0 unspecified atom stereocenters. The van der Waals surface area contributed by atoms with Crippen molar-refractivity contribution < 1.29 is 23.9 Å². The van der Waals surface area contributed by atoms with Crippen molar-refractivity contribution >= 4 is 17.7 Å². The number of aliphatic hydroxyl groups excluding tert-OH is 1. The fourth-order valence-corrected chi connectivity index (χ4v) is 4.19. The van der Waals surface area contributed by atoms with Gasteiger partial charge in [-0.3, -0.25) is 14.4 Å². The average Bonchev–Trinajstić information content (AvgIpc) is 3.04. The van der Waals surface area contributed by atoms with Crippen LogP contribution in [0.15, 0.2) is 24.3 Å². The molecule has 2 fully saturated rings. The third kappa shape index (κ3) is 4.86.